The largest absolute Gasteiger partial charge is 0.389 e. The normalized spacial score (nSPS) is 21.0. The zero-order chi connectivity index (χ0) is 14.5. The number of hydrogen-bond acceptors (Lipinski definition) is 2. The van der Waals surface area contributed by atoms with Gasteiger partial charge in [0.1, 0.15) is 0 Å². The van der Waals surface area contributed by atoms with Gasteiger partial charge in [0, 0.05) is 24.8 Å². The maximum atomic E-state index is 11.5. The van der Waals surface area contributed by atoms with Crippen LogP contribution in [0.5, 0.6) is 0 Å². The van der Waals surface area contributed by atoms with Crippen LogP contribution in [0, 0.1) is 5.41 Å². The lowest BCUT2D eigenvalue weighted by atomic mass is 9.68. The number of hydrogen-bond donors (Lipinski definition) is 2. The summed E-state index contributed by atoms with van der Waals surface area (Å²) in [7, 11) is 0. The maximum absolute atomic E-state index is 11.5. The van der Waals surface area contributed by atoms with E-state index in [-0.39, 0.29) is 5.41 Å². The molecule has 0 spiro atoms. The predicted octanol–water partition coefficient (Wildman–Crippen LogP) is 2.26. The quantitative estimate of drug-likeness (QED) is 0.886. The maximum Gasteiger partial charge on any atom is 0.0802 e. The summed E-state index contributed by atoms with van der Waals surface area (Å²) in [4.78, 5) is 0. The molecular weight excluding hydrogens is 258 g/mol. The number of rotatable bonds is 2. The molecule has 0 heterocycles. The Morgan fingerprint density at radius 3 is 1.52 bits per heavy atom. The van der Waals surface area contributed by atoms with Gasteiger partial charge in [0.2, 0.25) is 0 Å². The van der Waals surface area contributed by atoms with E-state index in [4.69, 9.17) is 5.73 Å². The van der Waals surface area contributed by atoms with Crippen molar-refractivity contribution in [1.82, 2.24) is 0 Å². The molecule has 2 aliphatic carbocycles. The molecule has 0 aromatic heterocycles. The van der Waals surface area contributed by atoms with Crippen molar-refractivity contribution in [1.29, 1.82) is 0 Å². The van der Waals surface area contributed by atoms with Crippen LogP contribution in [0.3, 0.4) is 0 Å². The van der Waals surface area contributed by atoms with Gasteiger partial charge >= 0.3 is 0 Å². The van der Waals surface area contributed by atoms with E-state index in [1.165, 1.54) is 22.3 Å². The second-order valence-electron chi connectivity index (χ2n) is 6.76. The highest BCUT2D eigenvalue weighted by Crippen LogP contribution is 2.49. The van der Waals surface area contributed by atoms with Crippen LogP contribution < -0.4 is 5.73 Å². The first-order valence-corrected chi connectivity index (χ1v) is 7.72. The smallest absolute Gasteiger partial charge is 0.0802 e. The molecule has 2 aliphatic rings. The van der Waals surface area contributed by atoms with Crippen molar-refractivity contribution >= 4 is 0 Å². The van der Waals surface area contributed by atoms with Crippen molar-refractivity contribution in [2.45, 2.75) is 31.3 Å². The van der Waals surface area contributed by atoms with Gasteiger partial charge in [-0.1, -0.05) is 48.5 Å². The fourth-order valence-corrected chi connectivity index (χ4v) is 4.33. The van der Waals surface area contributed by atoms with Gasteiger partial charge in [0.15, 0.2) is 0 Å². The fourth-order valence-electron chi connectivity index (χ4n) is 4.33. The minimum Gasteiger partial charge on any atom is -0.389 e. The van der Waals surface area contributed by atoms with Crippen LogP contribution in [0.25, 0.3) is 0 Å². The van der Waals surface area contributed by atoms with Crippen LogP contribution in [0.1, 0.15) is 22.3 Å². The standard InChI is InChI=1S/C19H21NO/c20-13-18(9-14-5-1-2-6-15(14)10-18)19(21)11-16-7-3-4-8-17(16)12-19/h1-8,21H,9-13,20H2. The average molecular weight is 279 g/mol. The molecule has 0 unspecified atom stereocenters. The summed E-state index contributed by atoms with van der Waals surface area (Å²) < 4.78 is 0. The third-order valence-electron chi connectivity index (χ3n) is 5.64. The molecule has 0 radical (unpaired) electrons. The van der Waals surface area contributed by atoms with Crippen LogP contribution in [0.2, 0.25) is 0 Å². The van der Waals surface area contributed by atoms with E-state index in [0.717, 1.165) is 25.7 Å². The van der Waals surface area contributed by atoms with Crippen LogP contribution in [0.15, 0.2) is 48.5 Å². The first-order valence-electron chi connectivity index (χ1n) is 7.72. The van der Waals surface area contributed by atoms with E-state index in [9.17, 15) is 5.11 Å². The molecule has 0 saturated heterocycles. The lowest BCUT2D eigenvalue weighted by molar-refractivity contribution is -0.0681. The molecule has 21 heavy (non-hydrogen) atoms. The topological polar surface area (TPSA) is 46.2 Å². The Morgan fingerprint density at radius 1 is 0.762 bits per heavy atom. The Hall–Kier alpha value is -1.64. The van der Waals surface area contributed by atoms with Crippen molar-refractivity contribution in [3.05, 3.63) is 70.8 Å². The highest BCUT2D eigenvalue weighted by Gasteiger charge is 2.54. The summed E-state index contributed by atoms with van der Waals surface area (Å²) in [5, 5.41) is 11.5. The Labute approximate surface area is 125 Å². The van der Waals surface area contributed by atoms with Crippen molar-refractivity contribution in [3.63, 3.8) is 0 Å². The zero-order valence-electron chi connectivity index (χ0n) is 12.2. The van der Waals surface area contributed by atoms with Gasteiger partial charge in [-0.2, -0.15) is 0 Å². The summed E-state index contributed by atoms with van der Waals surface area (Å²) in [5.41, 5.74) is 10.5. The Bertz CT molecular complexity index is 641. The summed E-state index contributed by atoms with van der Waals surface area (Å²) in [6.07, 6.45) is 3.25. The van der Waals surface area contributed by atoms with Gasteiger partial charge in [0.25, 0.3) is 0 Å². The Kier molecular flexibility index (Phi) is 2.75. The first-order chi connectivity index (χ1) is 10.2. The molecular formula is C19H21NO. The first kappa shape index (κ1) is 13.1. The zero-order valence-corrected chi connectivity index (χ0v) is 12.2. The van der Waals surface area contributed by atoms with Crippen LogP contribution in [-0.4, -0.2) is 17.3 Å². The Balaban J connectivity index is 1.73. The average Bonchev–Trinajstić information content (AvgIpc) is 3.05. The minimum atomic E-state index is -0.718. The molecule has 2 aromatic carbocycles. The molecule has 2 nitrogen and oxygen atoms in total. The molecule has 0 fully saturated rings. The number of nitrogens with two attached hydrogens (primary N) is 1. The third-order valence-corrected chi connectivity index (χ3v) is 5.64. The van der Waals surface area contributed by atoms with E-state index in [0.29, 0.717) is 6.54 Å². The lowest BCUT2D eigenvalue weighted by Crippen LogP contribution is -2.54. The fraction of sp³-hybridized carbons (Fsp3) is 0.368. The second-order valence-corrected chi connectivity index (χ2v) is 6.76. The van der Waals surface area contributed by atoms with E-state index in [2.05, 4.69) is 48.5 Å². The van der Waals surface area contributed by atoms with Crippen LogP contribution in [0.4, 0.5) is 0 Å². The van der Waals surface area contributed by atoms with Crippen molar-refractivity contribution in [3.8, 4) is 0 Å². The summed E-state index contributed by atoms with van der Waals surface area (Å²) in [5.74, 6) is 0. The van der Waals surface area contributed by atoms with Gasteiger partial charge in [-0.3, -0.25) is 0 Å². The molecule has 0 amide bonds. The van der Waals surface area contributed by atoms with Gasteiger partial charge < -0.3 is 10.8 Å². The minimum absolute atomic E-state index is 0.226. The number of benzene rings is 2. The third kappa shape index (κ3) is 1.79. The van der Waals surface area contributed by atoms with E-state index >= 15 is 0 Å². The van der Waals surface area contributed by atoms with Gasteiger partial charge in [-0.15, -0.1) is 0 Å². The molecule has 2 aromatic rings. The van der Waals surface area contributed by atoms with E-state index < -0.39 is 5.60 Å². The van der Waals surface area contributed by atoms with Gasteiger partial charge in [-0.05, 0) is 35.1 Å². The van der Waals surface area contributed by atoms with Crippen molar-refractivity contribution in [2.75, 3.05) is 6.54 Å². The highest BCUT2D eigenvalue weighted by molar-refractivity contribution is 5.42. The molecule has 0 bridgehead atoms. The summed E-state index contributed by atoms with van der Waals surface area (Å²) >= 11 is 0. The molecule has 2 heteroatoms. The molecule has 3 N–H and O–H groups in total. The van der Waals surface area contributed by atoms with Gasteiger partial charge in [0.05, 0.1) is 5.60 Å². The Morgan fingerprint density at radius 2 is 1.14 bits per heavy atom. The molecule has 0 aliphatic heterocycles. The van der Waals surface area contributed by atoms with Crippen LogP contribution in [-0.2, 0) is 25.7 Å². The van der Waals surface area contributed by atoms with Gasteiger partial charge in [-0.25, -0.2) is 0 Å². The van der Waals surface area contributed by atoms with Crippen molar-refractivity contribution < 1.29 is 5.11 Å². The monoisotopic (exact) mass is 279 g/mol. The SMILES string of the molecule is NCC1(C2(O)Cc3ccccc3C2)Cc2ccccc2C1. The second kappa shape index (κ2) is 4.43. The van der Waals surface area contributed by atoms with Crippen molar-refractivity contribution in [2.24, 2.45) is 11.1 Å². The number of aliphatic hydroxyl groups is 1. The summed E-state index contributed by atoms with van der Waals surface area (Å²) in [6.45, 7) is 0.534. The molecule has 0 saturated carbocycles. The predicted molar refractivity (Wildman–Crippen MR) is 84.1 cm³/mol. The van der Waals surface area contributed by atoms with E-state index in [1.807, 2.05) is 0 Å². The number of fused-ring (bicyclic) bond motifs is 2. The molecule has 108 valence electrons. The van der Waals surface area contributed by atoms with Crippen LogP contribution >= 0.6 is 0 Å². The lowest BCUT2D eigenvalue weighted by Gasteiger charge is -2.42. The summed E-state index contributed by atoms with van der Waals surface area (Å²) in [6, 6.07) is 16.9. The van der Waals surface area contributed by atoms with E-state index in [1.54, 1.807) is 0 Å². The molecule has 4 rings (SSSR count). The highest BCUT2D eigenvalue weighted by atomic mass is 16.3. The molecule has 0 atom stereocenters.